The van der Waals surface area contributed by atoms with Crippen LogP contribution in [0.15, 0.2) is 18.2 Å². The molecule has 1 aromatic carbocycles. The molecule has 5 nitrogen and oxygen atoms in total. The van der Waals surface area contributed by atoms with E-state index in [4.69, 9.17) is 9.47 Å². The molecular weight excluding hydrogens is 318 g/mol. The van der Waals surface area contributed by atoms with Crippen molar-refractivity contribution in [1.29, 1.82) is 0 Å². The number of piperidine rings is 1. The minimum atomic E-state index is -0.263. The molecule has 1 aromatic rings. The van der Waals surface area contributed by atoms with E-state index in [1.807, 2.05) is 17.0 Å². The summed E-state index contributed by atoms with van der Waals surface area (Å²) >= 11 is 0. The SMILES string of the molecule is COC(=O)c1cc(C2CC2)cc(C2CCN(C(=O)C3COC3)CC2)c1. The highest BCUT2D eigenvalue weighted by molar-refractivity contribution is 5.90. The predicted octanol–water partition coefficient (Wildman–Crippen LogP) is 2.70. The second-order valence-electron chi connectivity index (χ2n) is 7.49. The molecule has 4 rings (SSSR count). The summed E-state index contributed by atoms with van der Waals surface area (Å²) < 4.78 is 10.1. The summed E-state index contributed by atoms with van der Waals surface area (Å²) in [6.45, 7) is 2.73. The Balaban J connectivity index is 1.47. The van der Waals surface area contributed by atoms with Crippen LogP contribution in [-0.2, 0) is 14.3 Å². The first-order valence-corrected chi connectivity index (χ1v) is 9.25. The topological polar surface area (TPSA) is 55.8 Å². The molecule has 0 N–H and O–H groups in total. The van der Waals surface area contributed by atoms with Gasteiger partial charge in [0.2, 0.25) is 5.91 Å². The van der Waals surface area contributed by atoms with Crippen LogP contribution in [-0.4, -0.2) is 50.2 Å². The van der Waals surface area contributed by atoms with E-state index in [0.29, 0.717) is 30.6 Å². The van der Waals surface area contributed by atoms with Crippen molar-refractivity contribution in [1.82, 2.24) is 4.90 Å². The number of methoxy groups -OCH3 is 1. The normalized spacial score (nSPS) is 21.7. The Hall–Kier alpha value is -1.88. The molecule has 1 saturated carbocycles. The smallest absolute Gasteiger partial charge is 0.337 e. The van der Waals surface area contributed by atoms with E-state index in [2.05, 4.69) is 6.07 Å². The Morgan fingerprint density at radius 1 is 1.00 bits per heavy atom. The summed E-state index contributed by atoms with van der Waals surface area (Å²) in [6, 6.07) is 6.24. The molecule has 1 aliphatic carbocycles. The van der Waals surface area contributed by atoms with Crippen molar-refractivity contribution in [2.75, 3.05) is 33.4 Å². The third kappa shape index (κ3) is 3.43. The zero-order chi connectivity index (χ0) is 17.4. The van der Waals surface area contributed by atoms with Crippen LogP contribution in [0.25, 0.3) is 0 Å². The zero-order valence-corrected chi connectivity index (χ0v) is 14.7. The molecule has 134 valence electrons. The van der Waals surface area contributed by atoms with Crippen molar-refractivity contribution in [3.63, 3.8) is 0 Å². The van der Waals surface area contributed by atoms with Crippen LogP contribution in [0, 0.1) is 5.92 Å². The molecular formula is C20H25NO4. The van der Waals surface area contributed by atoms with E-state index in [1.165, 1.54) is 31.1 Å². The molecule has 3 fully saturated rings. The van der Waals surface area contributed by atoms with Gasteiger partial charge < -0.3 is 14.4 Å². The lowest BCUT2D eigenvalue weighted by Gasteiger charge is -2.36. The first-order valence-electron chi connectivity index (χ1n) is 9.25. The number of benzene rings is 1. The van der Waals surface area contributed by atoms with Gasteiger partial charge in [0, 0.05) is 13.1 Å². The fraction of sp³-hybridized carbons (Fsp3) is 0.600. The second kappa shape index (κ2) is 6.79. The van der Waals surface area contributed by atoms with Gasteiger partial charge in [-0.25, -0.2) is 4.79 Å². The number of amides is 1. The number of ether oxygens (including phenoxy) is 2. The number of carbonyl (C=O) groups excluding carboxylic acids is 2. The van der Waals surface area contributed by atoms with Crippen LogP contribution < -0.4 is 0 Å². The van der Waals surface area contributed by atoms with Gasteiger partial charge in [0.05, 0.1) is 31.8 Å². The molecule has 0 unspecified atom stereocenters. The van der Waals surface area contributed by atoms with Gasteiger partial charge in [0.25, 0.3) is 0 Å². The number of rotatable bonds is 4. The highest BCUT2D eigenvalue weighted by Gasteiger charge is 2.33. The first kappa shape index (κ1) is 16.6. The Bertz CT molecular complexity index is 670. The number of likely N-dealkylation sites (tertiary alicyclic amines) is 1. The van der Waals surface area contributed by atoms with Crippen LogP contribution in [0.4, 0.5) is 0 Å². The van der Waals surface area contributed by atoms with Crippen LogP contribution >= 0.6 is 0 Å². The fourth-order valence-corrected chi connectivity index (χ4v) is 3.87. The highest BCUT2D eigenvalue weighted by atomic mass is 16.5. The van der Waals surface area contributed by atoms with Crippen LogP contribution in [0.3, 0.4) is 0 Å². The van der Waals surface area contributed by atoms with Crippen molar-refractivity contribution < 1.29 is 19.1 Å². The van der Waals surface area contributed by atoms with Gasteiger partial charge >= 0.3 is 5.97 Å². The monoisotopic (exact) mass is 343 g/mol. The Kier molecular flexibility index (Phi) is 4.50. The van der Waals surface area contributed by atoms with Crippen LogP contribution in [0.2, 0.25) is 0 Å². The van der Waals surface area contributed by atoms with Crippen molar-refractivity contribution >= 4 is 11.9 Å². The molecule has 0 aromatic heterocycles. The maximum atomic E-state index is 12.3. The Morgan fingerprint density at radius 2 is 1.60 bits per heavy atom. The van der Waals surface area contributed by atoms with E-state index in [0.717, 1.165) is 25.9 Å². The first-order chi connectivity index (χ1) is 12.2. The highest BCUT2D eigenvalue weighted by Crippen LogP contribution is 2.42. The molecule has 0 bridgehead atoms. The molecule has 0 atom stereocenters. The van der Waals surface area contributed by atoms with Crippen molar-refractivity contribution in [3.05, 3.63) is 34.9 Å². The Labute approximate surface area is 148 Å². The molecule has 25 heavy (non-hydrogen) atoms. The van der Waals surface area contributed by atoms with E-state index in [9.17, 15) is 9.59 Å². The molecule has 2 aliphatic heterocycles. The third-order valence-electron chi connectivity index (χ3n) is 5.71. The van der Waals surface area contributed by atoms with Gasteiger partial charge in [0.15, 0.2) is 0 Å². The lowest BCUT2D eigenvalue weighted by atomic mass is 9.86. The molecule has 1 amide bonds. The average Bonchev–Trinajstić information content (AvgIpc) is 3.44. The fourth-order valence-electron chi connectivity index (χ4n) is 3.87. The van der Waals surface area contributed by atoms with Crippen molar-refractivity contribution in [2.24, 2.45) is 5.92 Å². The number of hydrogen-bond acceptors (Lipinski definition) is 4. The standard InChI is InChI=1S/C20H25NO4/c1-24-20(23)17-9-15(13-2-3-13)8-16(10-17)14-4-6-21(7-5-14)19(22)18-11-25-12-18/h8-10,13-14,18H,2-7,11-12H2,1H3. The van der Waals surface area contributed by atoms with E-state index in [-0.39, 0.29) is 17.8 Å². The lowest BCUT2D eigenvalue weighted by molar-refractivity contribution is -0.150. The average molecular weight is 343 g/mol. The summed E-state index contributed by atoms with van der Waals surface area (Å²) in [5.74, 6) is 1.06. The molecule has 0 radical (unpaired) electrons. The molecule has 3 aliphatic rings. The van der Waals surface area contributed by atoms with E-state index in [1.54, 1.807) is 0 Å². The number of hydrogen-bond donors (Lipinski definition) is 0. The van der Waals surface area contributed by atoms with Crippen molar-refractivity contribution in [3.8, 4) is 0 Å². The van der Waals surface area contributed by atoms with Crippen LogP contribution in [0.5, 0.6) is 0 Å². The summed E-state index contributed by atoms with van der Waals surface area (Å²) in [6.07, 6.45) is 4.32. The lowest BCUT2D eigenvalue weighted by Crippen LogP contribution is -2.47. The number of carbonyl (C=O) groups is 2. The van der Waals surface area contributed by atoms with E-state index < -0.39 is 0 Å². The van der Waals surface area contributed by atoms with Gasteiger partial charge in [0.1, 0.15) is 0 Å². The minimum absolute atomic E-state index is 0.0701. The van der Waals surface area contributed by atoms with Gasteiger partial charge in [-0.3, -0.25) is 4.79 Å². The Morgan fingerprint density at radius 3 is 2.08 bits per heavy atom. The number of esters is 1. The van der Waals surface area contributed by atoms with E-state index >= 15 is 0 Å². The maximum absolute atomic E-state index is 12.3. The van der Waals surface area contributed by atoms with Crippen LogP contribution in [0.1, 0.15) is 59.0 Å². The molecule has 0 spiro atoms. The minimum Gasteiger partial charge on any atom is -0.465 e. The van der Waals surface area contributed by atoms with Crippen molar-refractivity contribution in [2.45, 2.75) is 37.5 Å². The molecule has 5 heteroatoms. The summed E-state index contributed by atoms with van der Waals surface area (Å²) in [4.78, 5) is 26.3. The predicted molar refractivity (Wildman–Crippen MR) is 92.6 cm³/mol. The molecule has 2 saturated heterocycles. The third-order valence-corrected chi connectivity index (χ3v) is 5.71. The number of nitrogens with zero attached hydrogens (tertiary/aromatic N) is 1. The molecule has 2 heterocycles. The maximum Gasteiger partial charge on any atom is 0.337 e. The summed E-state index contributed by atoms with van der Waals surface area (Å²) in [5.41, 5.74) is 3.15. The quantitative estimate of drug-likeness (QED) is 0.789. The second-order valence-corrected chi connectivity index (χ2v) is 7.49. The van der Waals surface area contributed by atoms with Gasteiger partial charge in [-0.2, -0.15) is 0 Å². The summed E-state index contributed by atoms with van der Waals surface area (Å²) in [7, 11) is 1.43. The van der Waals surface area contributed by atoms with Gasteiger partial charge in [-0.15, -0.1) is 0 Å². The zero-order valence-electron chi connectivity index (χ0n) is 14.7. The summed E-state index contributed by atoms with van der Waals surface area (Å²) in [5, 5.41) is 0. The largest absolute Gasteiger partial charge is 0.465 e. The van der Waals surface area contributed by atoms with Gasteiger partial charge in [-0.05, 0) is 60.8 Å². The van der Waals surface area contributed by atoms with Gasteiger partial charge in [-0.1, -0.05) is 6.07 Å².